The van der Waals surface area contributed by atoms with Gasteiger partial charge < -0.3 is 0 Å². The second-order valence-electron chi connectivity index (χ2n) is 1.72. The molecule has 0 aromatic carbocycles. The zero-order valence-corrected chi connectivity index (χ0v) is 9.73. The molecule has 10 heavy (non-hydrogen) atoms. The maximum atomic E-state index is 2.24. The Morgan fingerprint density at radius 3 is 2.30 bits per heavy atom. The average Bonchev–Trinajstić information content (AvgIpc) is 1.97. The van der Waals surface area contributed by atoms with Crippen LogP contribution in [0.1, 0.15) is 26.7 Å². The maximum absolute atomic E-state index is 2.24. The molecule has 0 aromatic heterocycles. The molecule has 0 radical (unpaired) electrons. The molecule has 62 valence electrons. The summed E-state index contributed by atoms with van der Waals surface area (Å²) in [4.78, 5) is 0. The summed E-state index contributed by atoms with van der Waals surface area (Å²) in [5, 5.41) is 0. The molecule has 0 aliphatic rings. The van der Waals surface area contributed by atoms with Crippen molar-refractivity contribution in [1.29, 1.82) is 0 Å². The molecule has 0 spiro atoms. The van der Waals surface area contributed by atoms with E-state index in [1.165, 1.54) is 24.3 Å². The smallest absolute Gasteiger partial charge is 0.00453 e. The van der Waals surface area contributed by atoms with Crippen molar-refractivity contribution in [2.75, 3.05) is 11.5 Å². The van der Waals surface area contributed by atoms with E-state index < -0.39 is 0 Å². The first-order valence-corrected chi connectivity index (χ1v) is 8.65. The molecule has 0 aliphatic carbocycles. The highest BCUT2D eigenvalue weighted by molar-refractivity contribution is 9.26. The highest BCUT2D eigenvalue weighted by Gasteiger charge is 1.89. The molecule has 0 amide bonds. The van der Waals surface area contributed by atoms with Crippen LogP contribution in [0.2, 0.25) is 0 Å². The molecule has 0 saturated carbocycles. The summed E-state index contributed by atoms with van der Waals surface area (Å²) in [5.74, 6) is 2.52. The lowest BCUT2D eigenvalue weighted by Crippen LogP contribution is -1.70. The average molecular weight is 214 g/mol. The Bertz CT molecular complexity index is 49.7. The summed E-state index contributed by atoms with van der Waals surface area (Å²) >= 11 is 0. The van der Waals surface area contributed by atoms with Gasteiger partial charge in [-0.3, -0.25) is 0 Å². The topological polar surface area (TPSA) is 0 Å². The summed E-state index contributed by atoms with van der Waals surface area (Å²) in [6.45, 7) is 4.42. The highest BCUT2D eigenvalue weighted by Crippen LogP contribution is 2.42. The van der Waals surface area contributed by atoms with Crippen LogP contribution in [0, 0.1) is 0 Å². The monoisotopic (exact) mass is 214 g/mol. The van der Waals surface area contributed by atoms with E-state index in [1.54, 1.807) is 0 Å². The van der Waals surface area contributed by atoms with Crippen molar-refractivity contribution in [3.63, 3.8) is 0 Å². The first-order chi connectivity index (χ1) is 4.91. The van der Waals surface area contributed by atoms with E-state index >= 15 is 0 Å². The van der Waals surface area contributed by atoms with Crippen molar-refractivity contribution in [2.45, 2.75) is 26.7 Å². The fourth-order valence-electron chi connectivity index (χ4n) is 0.325. The van der Waals surface area contributed by atoms with Gasteiger partial charge in [-0.05, 0) is 26.1 Å². The molecule has 0 saturated heterocycles. The van der Waals surface area contributed by atoms with Gasteiger partial charge in [0, 0.05) is 11.5 Å². The standard InChI is InChI=1S/C6H14S4/c1-3-5-6-8-10-9-7-4-2/h3-6H2,1-2H3. The molecule has 0 unspecified atom stereocenters. The van der Waals surface area contributed by atoms with E-state index in [9.17, 15) is 0 Å². The summed E-state index contributed by atoms with van der Waals surface area (Å²) in [5.41, 5.74) is 0. The number of hydrogen-bond acceptors (Lipinski definition) is 4. The van der Waals surface area contributed by atoms with Crippen molar-refractivity contribution in [2.24, 2.45) is 0 Å². The quantitative estimate of drug-likeness (QED) is 0.452. The highest BCUT2D eigenvalue weighted by atomic mass is 33.7. The Kier molecular flexibility index (Phi) is 11.9. The molecule has 0 aromatic rings. The van der Waals surface area contributed by atoms with E-state index in [1.807, 2.05) is 41.2 Å². The van der Waals surface area contributed by atoms with Gasteiger partial charge in [0.25, 0.3) is 0 Å². The largest absolute Gasteiger partial charge is 0.0820 e. The van der Waals surface area contributed by atoms with Crippen LogP contribution < -0.4 is 0 Å². The number of rotatable bonds is 7. The van der Waals surface area contributed by atoms with Crippen LogP contribution in [0.5, 0.6) is 0 Å². The van der Waals surface area contributed by atoms with Gasteiger partial charge in [0.1, 0.15) is 0 Å². The van der Waals surface area contributed by atoms with Gasteiger partial charge in [0.05, 0.1) is 0 Å². The Labute approximate surface area is 79.3 Å². The van der Waals surface area contributed by atoms with Crippen LogP contribution in [-0.4, -0.2) is 11.5 Å². The van der Waals surface area contributed by atoms with Gasteiger partial charge in [-0.2, -0.15) is 0 Å². The van der Waals surface area contributed by atoms with Crippen LogP contribution in [0.3, 0.4) is 0 Å². The maximum Gasteiger partial charge on any atom is 0.00453 e. The van der Waals surface area contributed by atoms with Crippen LogP contribution >= 0.6 is 41.2 Å². The van der Waals surface area contributed by atoms with Crippen molar-refractivity contribution in [3.8, 4) is 0 Å². The molecular weight excluding hydrogens is 200 g/mol. The Morgan fingerprint density at radius 2 is 1.70 bits per heavy atom. The van der Waals surface area contributed by atoms with E-state index in [-0.39, 0.29) is 0 Å². The van der Waals surface area contributed by atoms with Gasteiger partial charge in [-0.15, -0.1) is 0 Å². The van der Waals surface area contributed by atoms with Gasteiger partial charge in [-0.25, -0.2) is 0 Å². The van der Waals surface area contributed by atoms with E-state index in [4.69, 9.17) is 0 Å². The van der Waals surface area contributed by atoms with Gasteiger partial charge in [-0.1, -0.05) is 41.9 Å². The SMILES string of the molecule is CCCCSSSSCC. The van der Waals surface area contributed by atoms with Gasteiger partial charge in [0.15, 0.2) is 0 Å². The molecule has 0 fully saturated rings. The first-order valence-electron chi connectivity index (χ1n) is 3.49. The molecule has 4 heteroatoms. The third-order valence-electron chi connectivity index (χ3n) is 0.823. The molecule has 0 N–H and O–H groups in total. The third kappa shape index (κ3) is 9.40. The second kappa shape index (κ2) is 10.4. The Balaban J connectivity index is 2.65. The third-order valence-corrected chi connectivity index (χ3v) is 7.45. The van der Waals surface area contributed by atoms with Crippen molar-refractivity contribution in [1.82, 2.24) is 0 Å². The van der Waals surface area contributed by atoms with Gasteiger partial charge >= 0.3 is 0 Å². The minimum absolute atomic E-state index is 1.21. The molecule has 0 rings (SSSR count). The fraction of sp³-hybridized carbons (Fsp3) is 1.00. The normalized spacial score (nSPS) is 10.2. The predicted molar refractivity (Wildman–Crippen MR) is 60.7 cm³/mol. The first kappa shape index (κ1) is 11.4. The minimum Gasteiger partial charge on any atom is -0.0820 e. The molecule has 0 heterocycles. The van der Waals surface area contributed by atoms with Crippen LogP contribution in [0.4, 0.5) is 0 Å². The van der Waals surface area contributed by atoms with Gasteiger partial charge in [0.2, 0.25) is 0 Å². The molecule has 0 atom stereocenters. The molecule has 0 bridgehead atoms. The Hall–Kier alpha value is 1.40. The van der Waals surface area contributed by atoms with Crippen LogP contribution in [-0.2, 0) is 0 Å². The lowest BCUT2D eigenvalue weighted by atomic mass is 10.4. The lowest BCUT2D eigenvalue weighted by Gasteiger charge is -1.95. The summed E-state index contributed by atoms with van der Waals surface area (Å²) in [7, 11) is 7.72. The van der Waals surface area contributed by atoms with Crippen LogP contribution in [0.25, 0.3) is 0 Å². The van der Waals surface area contributed by atoms with Crippen molar-refractivity contribution >= 4 is 41.2 Å². The predicted octanol–water partition coefficient (Wildman–Crippen LogP) is 4.48. The zero-order chi connectivity index (χ0) is 7.66. The summed E-state index contributed by atoms with van der Waals surface area (Å²) in [6.07, 6.45) is 2.67. The van der Waals surface area contributed by atoms with E-state index in [0.717, 1.165) is 0 Å². The van der Waals surface area contributed by atoms with E-state index in [0.29, 0.717) is 0 Å². The Morgan fingerprint density at radius 1 is 1.00 bits per heavy atom. The molecule has 0 aliphatic heterocycles. The number of hydrogen-bond donors (Lipinski definition) is 0. The zero-order valence-electron chi connectivity index (χ0n) is 6.46. The molecular formula is C6H14S4. The second-order valence-corrected chi connectivity index (χ2v) is 8.13. The van der Waals surface area contributed by atoms with Crippen molar-refractivity contribution in [3.05, 3.63) is 0 Å². The van der Waals surface area contributed by atoms with E-state index in [2.05, 4.69) is 13.8 Å². The van der Waals surface area contributed by atoms with Crippen molar-refractivity contribution < 1.29 is 0 Å². The summed E-state index contributed by atoms with van der Waals surface area (Å²) in [6, 6.07) is 0. The molecule has 0 nitrogen and oxygen atoms in total. The number of unbranched alkanes of at least 4 members (excludes halogenated alkanes) is 1. The van der Waals surface area contributed by atoms with Crippen LogP contribution in [0.15, 0.2) is 0 Å². The minimum atomic E-state index is 1.21. The summed E-state index contributed by atoms with van der Waals surface area (Å²) < 4.78 is 0. The fourth-order valence-corrected chi connectivity index (χ4v) is 6.36. The lowest BCUT2D eigenvalue weighted by molar-refractivity contribution is 0.898.